The van der Waals surface area contributed by atoms with Crippen molar-refractivity contribution in [1.29, 1.82) is 0 Å². The molecule has 0 radical (unpaired) electrons. The van der Waals surface area contributed by atoms with Gasteiger partial charge < -0.3 is 9.72 Å². The number of nitrogens with one attached hydrogen (secondary N) is 1. The van der Waals surface area contributed by atoms with Gasteiger partial charge in [-0.3, -0.25) is 4.79 Å². The number of fused-ring (bicyclic) bond motifs is 1. The number of H-pyrrole nitrogens is 1. The molecule has 0 atom stereocenters. The SMILES string of the molecule is CCCCOC(=O)Cc1nc2ccccc2[nH]1. The van der Waals surface area contributed by atoms with Gasteiger partial charge in [-0.2, -0.15) is 0 Å². The molecule has 0 aliphatic carbocycles. The van der Waals surface area contributed by atoms with Gasteiger partial charge in [0.15, 0.2) is 0 Å². The zero-order valence-corrected chi connectivity index (χ0v) is 9.90. The van der Waals surface area contributed by atoms with Crippen LogP contribution in [0.3, 0.4) is 0 Å². The molecule has 0 saturated carbocycles. The van der Waals surface area contributed by atoms with Gasteiger partial charge in [-0.15, -0.1) is 0 Å². The smallest absolute Gasteiger partial charge is 0.313 e. The Morgan fingerprint density at radius 2 is 2.24 bits per heavy atom. The van der Waals surface area contributed by atoms with E-state index >= 15 is 0 Å². The van der Waals surface area contributed by atoms with Gasteiger partial charge in [0.05, 0.1) is 17.6 Å². The van der Waals surface area contributed by atoms with Crippen molar-refractivity contribution in [3.8, 4) is 0 Å². The molecule has 17 heavy (non-hydrogen) atoms. The molecule has 1 heterocycles. The van der Waals surface area contributed by atoms with Gasteiger partial charge in [-0.25, -0.2) is 4.98 Å². The fraction of sp³-hybridized carbons (Fsp3) is 0.385. The Bertz CT molecular complexity index is 472. The maximum atomic E-state index is 11.5. The van der Waals surface area contributed by atoms with E-state index in [4.69, 9.17) is 4.74 Å². The molecule has 1 aromatic heterocycles. The molecule has 4 nitrogen and oxygen atoms in total. The molecule has 0 fully saturated rings. The summed E-state index contributed by atoms with van der Waals surface area (Å²) in [6, 6.07) is 7.71. The fourth-order valence-corrected chi connectivity index (χ4v) is 1.61. The number of unbranched alkanes of at least 4 members (excludes halogenated alkanes) is 1. The summed E-state index contributed by atoms with van der Waals surface area (Å²) in [6.45, 7) is 2.56. The monoisotopic (exact) mass is 232 g/mol. The van der Waals surface area contributed by atoms with E-state index in [9.17, 15) is 4.79 Å². The fourth-order valence-electron chi connectivity index (χ4n) is 1.61. The Kier molecular flexibility index (Phi) is 3.75. The van der Waals surface area contributed by atoms with Gasteiger partial charge in [0, 0.05) is 0 Å². The van der Waals surface area contributed by atoms with Crippen LogP contribution in [0.2, 0.25) is 0 Å². The van der Waals surface area contributed by atoms with Crippen molar-refractivity contribution in [2.75, 3.05) is 6.61 Å². The molecule has 2 aromatic rings. The van der Waals surface area contributed by atoms with E-state index in [2.05, 4.69) is 16.9 Å². The summed E-state index contributed by atoms with van der Waals surface area (Å²) in [5.41, 5.74) is 1.83. The molecule has 0 saturated heterocycles. The summed E-state index contributed by atoms with van der Waals surface area (Å²) in [4.78, 5) is 18.9. The van der Waals surface area contributed by atoms with Crippen molar-refractivity contribution in [3.05, 3.63) is 30.1 Å². The van der Waals surface area contributed by atoms with Crippen LogP contribution in [0.1, 0.15) is 25.6 Å². The lowest BCUT2D eigenvalue weighted by Gasteiger charge is -2.01. The molecule has 0 bridgehead atoms. The number of para-hydroxylation sites is 2. The maximum absolute atomic E-state index is 11.5. The summed E-state index contributed by atoms with van der Waals surface area (Å²) in [6.07, 6.45) is 2.14. The van der Waals surface area contributed by atoms with Crippen molar-refractivity contribution in [1.82, 2.24) is 9.97 Å². The summed E-state index contributed by atoms with van der Waals surface area (Å²) in [7, 11) is 0. The lowest BCUT2D eigenvalue weighted by molar-refractivity contribution is -0.143. The third-order valence-electron chi connectivity index (χ3n) is 2.51. The third-order valence-corrected chi connectivity index (χ3v) is 2.51. The van der Waals surface area contributed by atoms with E-state index < -0.39 is 0 Å². The van der Waals surface area contributed by atoms with Gasteiger partial charge in [-0.1, -0.05) is 25.5 Å². The van der Waals surface area contributed by atoms with E-state index in [1.165, 1.54) is 0 Å². The van der Waals surface area contributed by atoms with Gasteiger partial charge in [0.2, 0.25) is 0 Å². The van der Waals surface area contributed by atoms with Gasteiger partial charge >= 0.3 is 5.97 Å². The molecular formula is C13H16N2O2. The largest absolute Gasteiger partial charge is 0.465 e. The number of carbonyl (C=O) groups excluding carboxylic acids is 1. The average molecular weight is 232 g/mol. The summed E-state index contributed by atoms with van der Waals surface area (Å²) >= 11 is 0. The highest BCUT2D eigenvalue weighted by Gasteiger charge is 2.08. The first kappa shape index (κ1) is 11.6. The topological polar surface area (TPSA) is 55.0 Å². The average Bonchev–Trinajstić information content (AvgIpc) is 2.71. The summed E-state index contributed by atoms with van der Waals surface area (Å²) in [5, 5.41) is 0. The molecule has 2 rings (SSSR count). The zero-order valence-electron chi connectivity index (χ0n) is 9.90. The number of nitrogens with zero attached hydrogens (tertiary/aromatic N) is 1. The van der Waals surface area contributed by atoms with Crippen LogP contribution in [-0.2, 0) is 16.0 Å². The Morgan fingerprint density at radius 3 is 3.00 bits per heavy atom. The van der Waals surface area contributed by atoms with E-state index in [0.717, 1.165) is 23.9 Å². The van der Waals surface area contributed by atoms with E-state index in [1.54, 1.807) is 0 Å². The number of carbonyl (C=O) groups is 1. The van der Waals surface area contributed by atoms with Crippen LogP contribution in [0.15, 0.2) is 24.3 Å². The van der Waals surface area contributed by atoms with Crippen molar-refractivity contribution in [2.24, 2.45) is 0 Å². The number of imidazole rings is 1. The Hall–Kier alpha value is -1.84. The zero-order chi connectivity index (χ0) is 12.1. The van der Waals surface area contributed by atoms with Crippen molar-refractivity contribution in [3.63, 3.8) is 0 Å². The molecule has 0 amide bonds. The van der Waals surface area contributed by atoms with E-state index in [1.807, 2.05) is 24.3 Å². The molecule has 1 aromatic carbocycles. The number of esters is 1. The number of hydrogen-bond donors (Lipinski definition) is 1. The van der Waals surface area contributed by atoms with Crippen molar-refractivity contribution in [2.45, 2.75) is 26.2 Å². The lowest BCUT2D eigenvalue weighted by Crippen LogP contribution is -2.09. The standard InChI is InChI=1S/C13H16N2O2/c1-2-3-8-17-13(16)9-12-14-10-6-4-5-7-11(10)15-12/h4-7H,2-3,8-9H2,1H3,(H,14,15). The number of rotatable bonds is 5. The number of ether oxygens (including phenoxy) is 1. The first-order valence-corrected chi connectivity index (χ1v) is 5.89. The number of hydrogen-bond acceptors (Lipinski definition) is 3. The highest BCUT2D eigenvalue weighted by Crippen LogP contribution is 2.10. The summed E-state index contributed by atoms with van der Waals surface area (Å²) < 4.78 is 5.08. The van der Waals surface area contributed by atoms with Crippen LogP contribution in [-0.4, -0.2) is 22.5 Å². The molecule has 0 aliphatic heterocycles. The number of aromatic amines is 1. The van der Waals surface area contributed by atoms with Gasteiger partial charge in [0.25, 0.3) is 0 Å². The molecule has 1 N–H and O–H groups in total. The second-order valence-electron chi connectivity index (χ2n) is 3.95. The molecule has 0 unspecified atom stereocenters. The highest BCUT2D eigenvalue weighted by atomic mass is 16.5. The predicted octanol–water partition coefficient (Wildman–Crippen LogP) is 2.45. The Morgan fingerprint density at radius 1 is 1.41 bits per heavy atom. The minimum absolute atomic E-state index is 0.207. The summed E-state index contributed by atoms with van der Waals surface area (Å²) in [5.74, 6) is 0.435. The quantitative estimate of drug-likeness (QED) is 0.636. The lowest BCUT2D eigenvalue weighted by atomic mass is 10.3. The first-order valence-electron chi connectivity index (χ1n) is 5.89. The molecule has 0 spiro atoms. The molecule has 0 aliphatic rings. The van der Waals surface area contributed by atoms with Crippen LogP contribution in [0.4, 0.5) is 0 Å². The molecule has 4 heteroatoms. The second-order valence-corrected chi connectivity index (χ2v) is 3.95. The van der Waals surface area contributed by atoms with Crippen molar-refractivity contribution >= 4 is 17.0 Å². The van der Waals surface area contributed by atoms with E-state index in [0.29, 0.717) is 12.4 Å². The minimum atomic E-state index is -0.225. The number of benzene rings is 1. The van der Waals surface area contributed by atoms with Crippen LogP contribution in [0.25, 0.3) is 11.0 Å². The van der Waals surface area contributed by atoms with Crippen LogP contribution in [0.5, 0.6) is 0 Å². The number of aromatic nitrogens is 2. The first-order chi connectivity index (χ1) is 8.29. The van der Waals surface area contributed by atoms with Crippen LogP contribution < -0.4 is 0 Å². The molecule has 90 valence electrons. The Balaban J connectivity index is 1.96. The van der Waals surface area contributed by atoms with Crippen LogP contribution >= 0.6 is 0 Å². The second kappa shape index (κ2) is 5.48. The van der Waals surface area contributed by atoms with Crippen molar-refractivity contribution < 1.29 is 9.53 Å². The third kappa shape index (κ3) is 3.06. The predicted molar refractivity (Wildman–Crippen MR) is 65.7 cm³/mol. The Labute approximate surface area is 100 Å². The van der Waals surface area contributed by atoms with Gasteiger partial charge in [0.1, 0.15) is 12.2 Å². The molecular weight excluding hydrogens is 216 g/mol. The maximum Gasteiger partial charge on any atom is 0.313 e. The van der Waals surface area contributed by atoms with Gasteiger partial charge in [-0.05, 0) is 18.6 Å². The minimum Gasteiger partial charge on any atom is -0.465 e. The van der Waals surface area contributed by atoms with E-state index in [-0.39, 0.29) is 12.4 Å². The normalized spacial score (nSPS) is 10.6. The van der Waals surface area contributed by atoms with Crippen LogP contribution in [0, 0.1) is 0 Å². The highest BCUT2D eigenvalue weighted by molar-refractivity contribution is 5.77.